The molecule has 1 N–H and O–H groups in total. The lowest BCUT2D eigenvalue weighted by Crippen LogP contribution is -2.30. The van der Waals surface area contributed by atoms with Crippen molar-refractivity contribution in [2.45, 2.75) is 32.8 Å². The molecule has 6 nitrogen and oxygen atoms in total. The van der Waals surface area contributed by atoms with Crippen LogP contribution in [0.5, 0.6) is 5.75 Å². The molecule has 0 aliphatic rings. The Labute approximate surface area is 129 Å². The van der Waals surface area contributed by atoms with Gasteiger partial charge in [-0.1, -0.05) is 0 Å². The van der Waals surface area contributed by atoms with Crippen molar-refractivity contribution in [3.63, 3.8) is 0 Å². The van der Waals surface area contributed by atoms with Gasteiger partial charge in [-0.05, 0) is 45.0 Å². The van der Waals surface area contributed by atoms with E-state index < -0.39 is 11.6 Å². The number of Topliss-reactive ketones (excluding diaryl/α,β-unsaturated/α-hetero) is 2. The zero-order valence-corrected chi connectivity index (χ0v) is 12.9. The Kier molecular flexibility index (Phi) is 6.24. The third kappa shape index (κ3) is 6.05. The van der Waals surface area contributed by atoms with Gasteiger partial charge in [-0.25, -0.2) is 0 Å². The van der Waals surface area contributed by atoms with Gasteiger partial charge in [0.2, 0.25) is 0 Å². The van der Waals surface area contributed by atoms with Gasteiger partial charge in [0.1, 0.15) is 36.8 Å². The predicted octanol–water partition coefficient (Wildman–Crippen LogP) is 1.54. The Morgan fingerprint density at radius 3 is 2.18 bits per heavy atom. The second-order valence-corrected chi connectivity index (χ2v) is 5.36. The standard InChI is InChI=1S/C16H20O6/c1-11(17)10-14(18)22-9-8-21-13-6-4-12(5-7-13)15(19)16(2,3)20/h4-7,20H,8-10H2,1-3H3. The smallest absolute Gasteiger partial charge is 0.313 e. The van der Waals surface area contributed by atoms with Crippen molar-refractivity contribution in [2.75, 3.05) is 13.2 Å². The van der Waals surface area contributed by atoms with Crippen LogP contribution in [0.1, 0.15) is 37.6 Å². The van der Waals surface area contributed by atoms with Crippen LogP contribution in [0, 0.1) is 0 Å². The molecule has 0 atom stereocenters. The molecule has 22 heavy (non-hydrogen) atoms. The SMILES string of the molecule is CC(=O)CC(=O)OCCOc1ccc(C(=O)C(C)(C)O)cc1. The molecule has 0 unspecified atom stereocenters. The summed E-state index contributed by atoms with van der Waals surface area (Å²) < 4.78 is 10.2. The van der Waals surface area contributed by atoms with Crippen molar-refractivity contribution in [3.8, 4) is 5.75 Å². The number of ether oxygens (including phenoxy) is 2. The number of carbonyl (C=O) groups excluding carboxylic acids is 3. The number of ketones is 2. The monoisotopic (exact) mass is 308 g/mol. The molecule has 0 saturated carbocycles. The Balaban J connectivity index is 2.41. The minimum absolute atomic E-state index is 0.0382. The fourth-order valence-corrected chi connectivity index (χ4v) is 1.63. The minimum atomic E-state index is -1.42. The van der Waals surface area contributed by atoms with E-state index >= 15 is 0 Å². The van der Waals surface area contributed by atoms with Gasteiger partial charge in [0, 0.05) is 5.56 Å². The average Bonchev–Trinajstić information content (AvgIpc) is 2.42. The molecule has 120 valence electrons. The van der Waals surface area contributed by atoms with Gasteiger partial charge in [-0.2, -0.15) is 0 Å². The van der Waals surface area contributed by atoms with Crippen LogP contribution in [-0.2, 0) is 14.3 Å². The fraction of sp³-hybridized carbons (Fsp3) is 0.438. The highest BCUT2D eigenvalue weighted by molar-refractivity contribution is 6.01. The van der Waals surface area contributed by atoms with Gasteiger partial charge in [-0.15, -0.1) is 0 Å². The third-order valence-electron chi connectivity index (χ3n) is 2.68. The summed E-state index contributed by atoms with van der Waals surface area (Å²) in [5.41, 5.74) is -1.04. The van der Waals surface area contributed by atoms with Gasteiger partial charge in [-0.3, -0.25) is 14.4 Å². The molecule has 0 radical (unpaired) electrons. The summed E-state index contributed by atoms with van der Waals surface area (Å²) in [5.74, 6) is -0.702. The van der Waals surface area contributed by atoms with Crippen molar-refractivity contribution < 1.29 is 29.0 Å². The Morgan fingerprint density at radius 2 is 1.68 bits per heavy atom. The van der Waals surface area contributed by atoms with E-state index in [0.29, 0.717) is 11.3 Å². The molecule has 6 heteroatoms. The number of hydrogen-bond donors (Lipinski definition) is 1. The minimum Gasteiger partial charge on any atom is -0.490 e. The van der Waals surface area contributed by atoms with E-state index in [-0.39, 0.29) is 31.2 Å². The summed E-state index contributed by atoms with van der Waals surface area (Å²) in [5, 5.41) is 9.64. The molecule has 0 heterocycles. The van der Waals surface area contributed by atoms with Crippen molar-refractivity contribution >= 4 is 17.5 Å². The Bertz CT molecular complexity index is 539. The molecule has 0 amide bonds. The molecule has 0 aliphatic heterocycles. The first kappa shape index (κ1) is 17.8. The van der Waals surface area contributed by atoms with Crippen LogP contribution in [0.15, 0.2) is 24.3 Å². The molecule has 1 rings (SSSR count). The largest absolute Gasteiger partial charge is 0.490 e. The molecule has 0 fully saturated rings. The Morgan fingerprint density at radius 1 is 1.09 bits per heavy atom. The molecular weight excluding hydrogens is 288 g/mol. The van der Waals surface area contributed by atoms with E-state index in [1.54, 1.807) is 24.3 Å². The summed E-state index contributed by atoms with van der Waals surface area (Å²) in [4.78, 5) is 33.6. The summed E-state index contributed by atoms with van der Waals surface area (Å²) in [6, 6.07) is 6.29. The highest BCUT2D eigenvalue weighted by Crippen LogP contribution is 2.17. The van der Waals surface area contributed by atoms with E-state index in [1.165, 1.54) is 20.8 Å². The van der Waals surface area contributed by atoms with Crippen molar-refractivity contribution in [1.29, 1.82) is 0 Å². The number of benzene rings is 1. The van der Waals surface area contributed by atoms with Crippen LogP contribution in [0.2, 0.25) is 0 Å². The van der Waals surface area contributed by atoms with Crippen molar-refractivity contribution in [2.24, 2.45) is 0 Å². The molecule has 0 bridgehead atoms. The molecule has 0 spiro atoms. The molecule has 1 aromatic rings. The summed E-state index contributed by atoms with van der Waals surface area (Å²) in [6.45, 7) is 4.34. The van der Waals surface area contributed by atoms with Gasteiger partial charge < -0.3 is 14.6 Å². The maximum Gasteiger partial charge on any atom is 0.313 e. The highest BCUT2D eigenvalue weighted by Gasteiger charge is 2.24. The van der Waals surface area contributed by atoms with E-state index in [4.69, 9.17) is 9.47 Å². The maximum atomic E-state index is 11.8. The number of carbonyl (C=O) groups is 3. The lowest BCUT2D eigenvalue weighted by Gasteiger charge is -2.15. The second kappa shape index (κ2) is 7.70. The van der Waals surface area contributed by atoms with Crippen LogP contribution < -0.4 is 4.74 Å². The van der Waals surface area contributed by atoms with Gasteiger partial charge in [0.05, 0.1) is 0 Å². The molecular formula is C16H20O6. The topological polar surface area (TPSA) is 89.9 Å². The lowest BCUT2D eigenvalue weighted by molar-refractivity contribution is -0.146. The number of rotatable bonds is 8. The highest BCUT2D eigenvalue weighted by atomic mass is 16.6. The van der Waals surface area contributed by atoms with Crippen molar-refractivity contribution in [3.05, 3.63) is 29.8 Å². The van der Waals surface area contributed by atoms with Gasteiger partial charge in [0.15, 0.2) is 5.78 Å². The number of aliphatic hydroxyl groups is 1. The lowest BCUT2D eigenvalue weighted by atomic mass is 9.97. The summed E-state index contributed by atoms with van der Waals surface area (Å²) in [6.07, 6.45) is -0.242. The summed E-state index contributed by atoms with van der Waals surface area (Å²) >= 11 is 0. The number of esters is 1. The van der Waals surface area contributed by atoms with Crippen molar-refractivity contribution in [1.82, 2.24) is 0 Å². The third-order valence-corrected chi connectivity index (χ3v) is 2.68. The van der Waals surface area contributed by atoms with Gasteiger partial charge in [0.25, 0.3) is 0 Å². The second-order valence-electron chi connectivity index (χ2n) is 5.36. The molecule has 0 aliphatic carbocycles. The molecule has 0 saturated heterocycles. The van der Waals surface area contributed by atoms with Crippen LogP contribution in [0.25, 0.3) is 0 Å². The van der Waals surface area contributed by atoms with E-state index in [2.05, 4.69) is 0 Å². The number of hydrogen-bond acceptors (Lipinski definition) is 6. The maximum absolute atomic E-state index is 11.8. The normalized spacial score (nSPS) is 10.9. The zero-order valence-electron chi connectivity index (χ0n) is 12.9. The first-order chi connectivity index (χ1) is 10.2. The van der Waals surface area contributed by atoms with E-state index in [1.807, 2.05) is 0 Å². The van der Waals surface area contributed by atoms with E-state index in [9.17, 15) is 19.5 Å². The quantitative estimate of drug-likeness (QED) is 0.339. The van der Waals surface area contributed by atoms with Crippen LogP contribution >= 0.6 is 0 Å². The zero-order chi connectivity index (χ0) is 16.8. The summed E-state index contributed by atoms with van der Waals surface area (Å²) in [7, 11) is 0. The average molecular weight is 308 g/mol. The van der Waals surface area contributed by atoms with Gasteiger partial charge >= 0.3 is 5.97 Å². The van der Waals surface area contributed by atoms with Crippen LogP contribution in [0.3, 0.4) is 0 Å². The molecule has 1 aromatic carbocycles. The first-order valence-electron chi connectivity index (χ1n) is 6.85. The Hall–Kier alpha value is -2.21. The van der Waals surface area contributed by atoms with E-state index in [0.717, 1.165) is 0 Å². The predicted molar refractivity (Wildman–Crippen MR) is 78.8 cm³/mol. The van der Waals surface area contributed by atoms with Crippen LogP contribution in [-0.4, -0.2) is 41.5 Å². The fourth-order valence-electron chi connectivity index (χ4n) is 1.63. The first-order valence-corrected chi connectivity index (χ1v) is 6.85. The van der Waals surface area contributed by atoms with Crippen LogP contribution in [0.4, 0.5) is 0 Å². The molecule has 0 aromatic heterocycles.